The van der Waals surface area contributed by atoms with Gasteiger partial charge in [-0.2, -0.15) is 0 Å². The zero-order chi connectivity index (χ0) is 12.3. The lowest BCUT2D eigenvalue weighted by molar-refractivity contribution is 0.124. The first-order valence-corrected chi connectivity index (χ1v) is 6.67. The fourth-order valence-corrected chi connectivity index (χ4v) is 2.76. The number of rotatable bonds is 5. The van der Waals surface area contributed by atoms with Crippen molar-refractivity contribution in [1.29, 1.82) is 0 Å². The Morgan fingerprint density at radius 3 is 2.65 bits per heavy atom. The smallest absolute Gasteiger partial charge is 0.125 e. The number of nitrogens with one attached hydrogen (secondary N) is 1. The average Bonchev–Trinajstić information content (AvgIpc) is 2.20. The number of benzene rings is 1. The SMILES string of the molecule is CCC1(CNCc2cc(F)cc(Cl)c2)CCC1. The van der Waals surface area contributed by atoms with E-state index in [1.165, 1.54) is 37.8 Å². The highest BCUT2D eigenvalue weighted by molar-refractivity contribution is 6.30. The molecule has 1 aliphatic rings. The lowest BCUT2D eigenvalue weighted by atomic mass is 9.67. The van der Waals surface area contributed by atoms with Gasteiger partial charge in [0.2, 0.25) is 0 Å². The number of hydrogen-bond acceptors (Lipinski definition) is 1. The summed E-state index contributed by atoms with van der Waals surface area (Å²) < 4.78 is 13.1. The molecule has 0 radical (unpaired) electrons. The van der Waals surface area contributed by atoms with E-state index in [4.69, 9.17) is 11.6 Å². The largest absolute Gasteiger partial charge is 0.312 e. The molecule has 0 saturated heterocycles. The van der Waals surface area contributed by atoms with Gasteiger partial charge in [-0.25, -0.2) is 4.39 Å². The quantitative estimate of drug-likeness (QED) is 0.834. The van der Waals surface area contributed by atoms with Crippen molar-refractivity contribution in [3.63, 3.8) is 0 Å². The molecular formula is C14H19ClFN. The zero-order valence-electron chi connectivity index (χ0n) is 10.2. The molecule has 0 aromatic heterocycles. The van der Waals surface area contributed by atoms with E-state index in [2.05, 4.69) is 12.2 Å². The Bertz CT molecular complexity index is 362. The van der Waals surface area contributed by atoms with Crippen LogP contribution in [0.4, 0.5) is 4.39 Å². The first-order chi connectivity index (χ1) is 8.13. The Balaban J connectivity index is 1.85. The van der Waals surface area contributed by atoms with E-state index in [0.717, 1.165) is 12.1 Å². The van der Waals surface area contributed by atoms with Crippen LogP contribution in [0.25, 0.3) is 0 Å². The van der Waals surface area contributed by atoms with Crippen LogP contribution in [0.3, 0.4) is 0 Å². The summed E-state index contributed by atoms with van der Waals surface area (Å²) in [4.78, 5) is 0. The topological polar surface area (TPSA) is 12.0 Å². The Kier molecular flexibility index (Phi) is 4.05. The molecule has 94 valence electrons. The molecule has 1 aromatic carbocycles. The highest BCUT2D eigenvalue weighted by atomic mass is 35.5. The van der Waals surface area contributed by atoms with Gasteiger partial charge in [0, 0.05) is 18.1 Å². The van der Waals surface area contributed by atoms with Crippen molar-refractivity contribution in [3.8, 4) is 0 Å². The Morgan fingerprint density at radius 2 is 2.12 bits per heavy atom. The molecule has 1 saturated carbocycles. The van der Waals surface area contributed by atoms with Crippen LogP contribution in [0.2, 0.25) is 5.02 Å². The van der Waals surface area contributed by atoms with E-state index in [0.29, 0.717) is 17.0 Å². The molecular weight excluding hydrogens is 237 g/mol. The van der Waals surface area contributed by atoms with Gasteiger partial charge in [0.15, 0.2) is 0 Å². The third kappa shape index (κ3) is 3.20. The molecule has 1 N–H and O–H groups in total. The van der Waals surface area contributed by atoms with Crippen LogP contribution >= 0.6 is 11.6 Å². The maximum Gasteiger partial charge on any atom is 0.125 e. The van der Waals surface area contributed by atoms with E-state index >= 15 is 0 Å². The minimum atomic E-state index is -0.261. The lowest BCUT2D eigenvalue weighted by Gasteiger charge is -2.41. The van der Waals surface area contributed by atoms with Gasteiger partial charge in [-0.15, -0.1) is 0 Å². The highest BCUT2D eigenvalue weighted by Crippen LogP contribution is 2.43. The summed E-state index contributed by atoms with van der Waals surface area (Å²) in [5.41, 5.74) is 1.41. The van der Waals surface area contributed by atoms with E-state index in [1.54, 1.807) is 0 Å². The first-order valence-electron chi connectivity index (χ1n) is 6.29. The molecule has 0 heterocycles. The van der Waals surface area contributed by atoms with Gasteiger partial charge in [-0.1, -0.05) is 24.9 Å². The van der Waals surface area contributed by atoms with Crippen molar-refractivity contribution in [3.05, 3.63) is 34.6 Å². The Hall–Kier alpha value is -0.600. The summed E-state index contributed by atoms with van der Waals surface area (Å²) in [6.45, 7) is 3.97. The second-order valence-electron chi connectivity index (χ2n) is 5.09. The van der Waals surface area contributed by atoms with E-state index in [9.17, 15) is 4.39 Å². The molecule has 3 heteroatoms. The molecule has 0 unspecified atom stereocenters. The third-order valence-electron chi connectivity index (χ3n) is 3.92. The fourth-order valence-electron chi connectivity index (χ4n) is 2.52. The van der Waals surface area contributed by atoms with Crippen molar-refractivity contribution in [1.82, 2.24) is 5.32 Å². The molecule has 1 aliphatic carbocycles. The number of hydrogen-bond donors (Lipinski definition) is 1. The summed E-state index contributed by atoms with van der Waals surface area (Å²) in [5.74, 6) is -0.261. The minimum Gasteiger partial charge on any atom is -0.312 e. The summed E-state index contributed by atoms with van der Waals surface area (Å²) in [5, 5.41) is 3.89. The van der Waals surface area contributed by atoms with Crippen molar-refractivity contribution < 1.29 is 4.39 Å². The molecule has 1 aromatic rings. The van der Waals surface area contributed by atoms with E-state index < -0.39 is 0 Å². The maximum atomic E-state index is 13.1. The van der Waals surface area contributed by atoms with Crippen LogP contribution in [0.5, 0.6) is 0 Å². The maximum absolute atomic E-state index is 13.1. The standard InChI is InChI=1S/C14H19ClFN/c1-2-14(4-3-5-14)10-17-9-11-6-12(15)8-13(16)7-11/h6-8,17H,2-5,9-10H2,1H3. The van der Waals surface area contributed by atoms with Crippen LogP contribution in [0.1, 0.15) is 38.2 Å². The minimum absolute atomic E-state index is 0.261. The van der Waals surface area contributed by atoms with Gasteiger partial charge < -0.3 is 5.32 Å². The van der Waals surface area contributed by atoms with Crippen LogP contribution in [-0.2, 0) is 6.54 Å². The van der Waals surface area contributed by atoms with Crippen LogP contribution in [-0.4, -0.2) is 6.54 Å². The molecule has 2 rings (SSSR count). The van der Waals surface area contributed by atoms with Crippen molar-refractivity contribution in [2.24, 2.45) is 5.41 Å². The van der Waals surface area contributed by atoms with Gasteiger partial charge in [0.05, 0.1) is 0 Å². The summed E-state index contributed by atoms with van der Waals surface area (Å²) >= 11 is 5.82. The van der Waals surface area contributed by atoms with Gasteiger partial charge in [-0.3, -0.25) is 0 Å². The van der Waals surface area contributed by atoms with Crippen LogP contribution in [0.15, 0.2) is 18.2 Å². The zero-order valence-corrected chi connectivity index (χ0v) is 11.0. The third-order valence-corrected chi connectivity index (χ3v) is 4.13. The summed E-state index contributed by atoms with van der Waals surface area (Å²) in [6.07, 6.45) is 5.21. The predicted molar refractivity (Wildman–Crippen MR) is 69.7 cm³/mol. The molecule has 0 aliphatic heterocycles. The van der Waals surface area contributed by atoms with Crippen molar-refractivity contribution >= 4 is 11.6 Å². The van der Waals surface area contributed by atoms with Gasteiger partial charge in [-0.05, 0) is 48.4 Å². The van der Waals surface area contributed by atoms with E-state index in [-0.39, 0.29) is 5.82 Å². The molecule has 17 heavy (non-hydrogen) atoms. The monoisotopic (exact) mass is 255 g/mol. The second-order valence-corrected chi connectivity index (χ2v) is 5.52. The lowest BCUT2D eigenvalue weighted by Crippen LogP contribution is -2.39. The fraction of sp³-hybridized carbons (Fsp3) is 0.571. The molecule has 1 nitrogen and oxygen atoms in total. The van der Waals surface area contributed by atoms with Crippen LogP contribution < -0.4 is 5.32 Å². The molecule has 0 bridgehead atoms. The normalized spacial score (nSPS) is 17.8. The van der Waals surface area contributed by atoms with Gasteiger partial charge >= 0.3 is 0 Å². The van der Waals surface area contributed by atoms with Crippen molar-refractivity contribution in [2.75, 3.05) is 6.54 Å². The molecule has 0 amide bonds. The Labute approximate surface area is 107 Å². The Morgan fingerprint density at radius 1 is 1.35 bits per heavy atom. The van der Waals surface area contributed by atoms with Crippen LogP contribution in [0, 0.1) is 11.2 Å². The molecule has 0 atom stereocenters. The predicted octanol–water partition coefficient (Wildman–Crippen LogP) is 4.15. The summed E-state index contributed by atoms with van der Waals surface area (Å²) in [6, 6.07) is 4.69. The second kappa shape index (κ2) is 5.36. The molecule has 0 spiro atoms. The molecule has 1 fully saturated rings. The van der Waals surface area contributed by atoms with E-state index in [1.807, 2.05) is 6.07 Å². The highest BCUT2D eigenvalue weighted by Gasteiger charge is 2.34. The van der Waals surface area contributed by atoms with Gasteiger partial charge in [0.25, 0.3) is 0 Å². The summed E-state index contributed by atoms with van der Waals surface area (Å²) in [7, 11) is 0. The van der Waals surface area contributed by atoms with Crippen molar-refractivity contribution in [2.45, 2.75) is 39.2 Å². The first kappa shape index (κ1) is 12.8. The number of halogens is 2. The average molecular weight is 256 g/mol. The van der Waals surface area contributed by atoms with Gasteiger partial charge in [0.1, 0.15) is 5.82 Å².